The molecule has 0 spiro atoms. The van der Waals surface area contributed by atoms with Gasteiger partial charge in [0.1, 0.15) is 24.7 Å². The number of hydrogen-bond donors (Lipinski definition) is 3. The average Bonchev–Trinajstić information content (AvgIpc) is 3.68. The van der Waals surface area contributed by atoms with Crippen molar-refractivity contribution in [2.75, 3.05) is 44.2 Å². The van der Waals surface area contributed by atoms with Gasteiger partial charge in [-0.25, -0.2) is 9.48 Å². The van der Waals surface area contributed by atoms with Gasteiger partial charge in [-0.3, -0.25) is 9.59 Å². The maximum absolute atomic E-state index is 13.4. The molecule has 228 valence electrons. The molecule has 43 heavy (non-hydrogen) atoms. The topological polar surface area (TPSA) is 173 Å². The number of tetrazole rings is 1. The van der Waals surface area contributed by atoms with Gasteiger partial charge in [0.15, 0.2) is 11.5 Å². The molecule has 2 aliphatic heterocycles. The van der Waals surface area contributed by atoms with E-state index in [9.17, 15) is 19.5 Å². The third-order valence-corrected chi connectivity index (χ3v) is 7.32. The van der Waals surface area contributed by atoms with E-state index in [0.717, 1.165) is 0 Å². The molecule has 3 aromatic rings. The lowest BCUT2D eigenvalue weighted by Crippen LogP contribution is -2.48. The van der Waals surface area contributed by atoms with Gasteiger partial charge in [-0.1, -0.05) is 6.92 Å². The summed E-state index contributed by atoms with van der Waals surface area (Å²) in [4.78, 5) is 42.2. The first-order chi connectivity index (χ1) is 20.7. The van der Waals surface area contributed by atoms with Gasteiger partial charge in [0.05, 0.1) is 25.6 Å². The van der Waals surface area contributed by atoms with Crippen LogP contribution in [-0.4, -0.2) is 98.6 Å². The lowest BCUT2D eigenvalue weighted by molar-refractivity contribution is -0.134. The number of amides is 4. The van der Waals surface area contributed by atoms with E-state index in [1.54, 1.807) is 55.3 Å². The van der Waals surface area contributed by atoms with E-state index in [0.29, 0.717) is 40.7 Å². The molecule has 0 unspecified atom stereocenters. The molecule has 0 saturated heterocycles. The molecule has 3 atom stereocenters. The molecular weight excluding hydrogens is 560 g/mol. The monoisotopic (exact) mass is 594 g/mol. The fourth-order valence-corrected chi connectivity index (χ4v) is 4.87. The van der Waals surface area contributed by atoms with Crippen LogP contribution in [0.15, 0.2) is 42.7 Å². The van der Waals surface area contributed by atoms with Crippen LogP contribution in [0.3, 0.4) is 0 Å². The van der Waals surface area contributed by atoms with Gasteiger partial charge in [0, 0.05) is 42.5 Å². The quantitative estimate of drug-likeness (QED) is 0.346. The number of aliphatic hydroxyl groups excluding tert-OH is 1. The van der Waals surface area contributed by atoms with Gasteiger partial charge in [-0.15, -0.1) is 5.10 Å². The Labute approximate surface area is 247 Å². The summed E-state index contributed by atoms with van der Waals surface area (Å²) in [7, 11) is 1.66. The summed E-state index contributed by atoms with van der Waals surface area (Å²) in [6.07, 6.45) is 0.822. The molecule has 15 heteroatoms. The van der Waals surface area contributed by atoms with Crippen LogP contribution < -0.4 is 24.8 Å². The Balaban J connectivity index is 1.34. The molecule has 0 aliphatic carbocycles. The van der Waals surface area contributed by atoms with Gasteiger partial charge >= 0.3 is 6.03 Å². The highest BCUT2D eigenvalue weighted by molar-refractivity contribution is 5.91. The zero-order valence-corrected chi connectivity index (χ0v) is 24.1. The Morgan fingerprint density at radius 3 is 2.60 bits per heavy atom. The zero-order chi connectivity index (χ0) is 30.5. The average molecular weight is 595 g/mol. The van der Waals surface area contributed by atoms with Gasteiger partial charge < -0.3 is 39.8 Å². The lowest BCUT2D eigenvalue weighted by Gasteiger charge is -2.34. The summed E-state index contributed by atoms with van der Waals surface area (Å²) >= 11 is 0. The Morgan fingerprint density at radius 1 is 1.12 bits per heavy atom. The van der Waals surface area contributed by atoms with Crippen molar-refractivity contribution in [3.8, 4) is 17.2 Å². The molecule has 0 fully saturated rings. The maximum Gasteiger partial charge on any atom is 0.321 e. The van der Waals surface area contributed by atoms with E-state index in [-0.39, 0.29) is 56.7 Å². The number of carbonyl (C=O) groups excluding carboxylic acids is 3. The highest BCUT2D eigenvalue weighted by Crippen LogP contribution is 2.34. The number of likely N-dealkylation sites (N-methyl/N-ethyl adjacent to an activating group) is 1. The smallest absolute Gasteiger partial charge is 0.321 e. The number of anilines is 2. The minimum Gasteiger partial charge on any atom is -0.488 e. The van der Waals surface area contributed by atoms with Crippen LogP contribution >= 0.6 is 0 Å². The molecule has 0 radical (unpaired) electrons. The van der Waals surface area contributed by atoms with Crippen LogP contribution in [0.4, 0.5) is 16.2 Å². The molecule has 4 amide bonds. The number of carbonyl (C=O) groups is 3. The first-order valence-corrected chi connectivity index (χ1v) is 13.8. The second kappa shape index (κ2) is 12.9. The summed E-state index contributed by atoms with van der Waals surface area (Å²) in [5.41, 5.74) is 1.59. The van der Waals surface area contributed by atoms with Crippen LogP contribution in [0.1, 0.15) is 19.4 Å². The number of ether oxygens (including phenoxy) is 3. The summed E-state index contributed by atoms with van der Waals surface area (Å²) < 4.78 is 18.5. The highest BCUT2D eigenvalue weighted by Gasteiger charge is 2.32. The van der Waals surface area contributed by atoms with E-state index in [2.05, 4.69) is 26.2 Å². The number of hydrogen-bond acceptors (Lipinski definition) is 10. The number of nitrogens with one attached hydrogen (secondary N) is 2. The lowest BCUT2D eigenvalue weighted by atomic mass is 10.0. The minimum atomic E-state index is -0.509. The number of nitrogens with zero attached hydrogens (tertiary/aromatic N) is 6. The van der Waals surface area contributed by atoms with E-state index in [4.69, 9.17) is 14.2 Å². The van der Waals surface area contributed by atoms with Gasteiger partial charge in [-0.05, 0) is 47.7 Å². The van der Waals surface area contributed by atoms with Crippen molar-refractivity contribution in [2.45, 2.75) is 39.0 Å². The largest absolute Gasteiger partial charge is 0.488 e. The van der Waals surface area contributed by atoms with Crippen molar-refractivity contribution in [1.82, 2.24) is 30.0 Å². The molecule has 3 heterocycles. The molecule has 2 aromatic carbocycles. The second-order valence-electron chi connectivity index (χ2n) is 10.6. The van der Waals surface area contributed by atoms with E-state index in [1.165, 1.54) is 15.9 Å². The fourth-order valence-electron chi connectivity index (χ4n) is 4.87. The molecular formula is C28H34N8O7. The Morgan fingerprint density at radius 2 is 1.86 bits per heavy atom. The molecule has 0 saturated carbocycles. The Hall–Kier alpha value is -4.92. The predicted octanol–water partition coefficient (Wildman–Crippen LogP) is 1.35. The highest BCUT2D eigenvalue weighted by atomic mass is 16.7. The van der Waals surface area contributed by atoms with Crippen LogP contribution in [-0.2, 0) is 22.6 Å². The summed E-state index contributed by atoms with van der Waals surface area (Å²) in [5, 5.41) is 26.3. The molecule has 15 nitrogen and oxygen atoms in total. The first kappa shape index (κ1) is 29.6. The van der Waals surface area contributed by atoms with E-state index >= 15 is 0 Å². The molecule has 1 aromatic heterocycles. The molecule has 2 aliphatic rings. The number of urea groups is 1. The van der Waals surface area contributed by atoms with Crippen LogP contribution in [0.5, 0.6) is 17.2 Å². The second-order valence-corrected chi connectivity index (χ2v) is 10.6. The van der Waals surface area contributed by atoms with Crippen molar-refractivity contribution in [2.24, 2.45) is 5.92 Å². The van der Waals surface area contributed by atoms with Gasteiger partial charge in [-0.2, -0.15) is 0 Å². The first-order valence-electron chi connectivity index (χ1n) is 13.8. The molecule has 3 N–H and O–H groups in total. The third-order valence-electron chi connectivity index (χ3n) is 7.32. The van der Waals surface area contributed by atoms with Gasteiger partial charge in [0.2, 0.25) is 18.6 Å². The number of rotatable bonds is 8. The summed E-state index contributed by atoms with van der Waals surface area (Å²) in [6, 6.07) is 9.45. The van der Waals surface area contributed by atoms with Crippen molar-refractivity contribution in [1.29, 1.82) is 0 Å². The van der Waals surface area contributed by atoms with Crippen molar-refractivity contribution < 1.29 is 33.7 Å². The number of aromatic nitrogens is 4. The van der Waals surface area contributed by atoms with Crippen LogP contribution in [0, 0.1) is 5.92 Å². The normalized spacial score (nSPS) is 18.4. The Bertz CT molecular complexity index is 1470. The number of fused-ring (bicyclic) bond motifs is 2. The number of aliphatic hydroxyl groups is 1. The van der Waals surface area contributed by atoms with Gasteiger partial charge in [0.25, 0.3) is 0 Å². The fraction of sp³-hybridized carbons (Fsp3) is 0.429. The predicted molar refractivity (Wildman–Crippen MR) is 153 cm³/mol. The van der Waals surface area contributed by atoms with Crippen molar-refractivity contribution in [3.05, 3.63) is 48.3 Å². The van der Waals surface area contributed by atoms with Crippen LogP contribution in [0.2, 0.25) is 0 Å². The summed E-state index contributed by atoms with van der Waals surface area (Å²) in [6.45, 7) is 4.08. The third kappa shape index (κ3) is 7.12. The molecule has 5 rings (SSSR count). The van der Waals surface area contributed by atoms with Crippen molar-refractivity contribution >= 4 is 29.2 Å². The van der Waals surface area contributed by atoms with Crippen molar-refractivity contribution in [3.63, 3.8) is 0 Å². The van der Waals surface area contributed by atoms with E-state index in [1.807, 2.05) is 6.92 Å². The SMILES string of the molecule is C[C@@H]1CN([C@@H](C)CO)C(=O)Cc2cc(NC(=O)Cn3cnnn3)ccc2O[C@@H]1CN(C)C(=O)Nc1ccc2c(c1)OCO2. The minimum absolute atomic E-state index is 0.00371. The number of benzene rings is 2. The zero-order valence-electron chi connectivity index (χ0n) is 24.1. The Kier molecular flexibility index (Phi) is 8.90. The maximum atomic E-state index is 13.4. The summed E-state index contributed by atoms with van der Waals surface area (Å²) in [5.74, 6) is 0.889. The van der Waals surface area contributed by atoms with E-state index < -0.39 is 12.1 Å². The molecule has 0 bridgehead atoms. The van der Waals surface area contributed by atoms with Crippen LogP contribution in [0.25, 0.3) is 0 Å². The standard InChI is InChI=1S/C28H34N8O7/c1-17-11-36(18(2)14-37)27(39)9-19-8-20(30-26(38)13-35-15-29-32-33-35)4-6-22(19)43-25(17)12-34(3)28(40)31-21-5-7-23-24(10-21)42-16-41-23/h4-8,10,15,17-18,25,37H,9,11-14,16H2,1-3H3,(H,30,38)(H,31,40)/t17-,18+,25-/m1/s1.